The number of hydrogen-bond acceptors (Lipinski definition) is 2. The maximum Gasteiger partial charge on any atom is 0.317 e. The summed E-state index contributed by atoms with van der Waals surface area (Å²) >= 11 is 0. The van der Waals surface area contributed by atoms with Gasteiger partial charge in [-0.15, -0.1) is 0 Å². The van der Waals surface area contributed by atoms with E-state index in [4.69, 9.17) is 5.11 Å². The zero-order chi connectivity index (χ0) is 13.5. The van der Waals surface area contributed by atoms with Crippen molar-refractivity contribution >= 4 is 6.03 Å². The van der Waals surface area contributed by atoms with Gasteiger partial charge in [-0.1, -0.05) is 24.0 Å². The van der Waals surface area contributed by atoms with Crippen LogP contribution in [0.1, 0.15) is 24.1 Å². The van der Waals surface area contributed by atoms with Crippen molar-refractivity contribution in [1.82, 2.24) is 10.2 Å². The van der Waals surface area contributed by atoms with E-state index in [1.807, 2.05) is 31.2 Å². The van der Waals surface area contributed by atoms with Crippen molar-refractivity contribution in [2.45, 2.75) is 13.0 Å². The molecule has 1 unspecified atom stereocenters. The SMILES string of the molecule is CC(NC(=O)N(C)C)c1ccc(C#CCO)cc1. The molecule has 1 rings (SSSR count). The van der Waals surface area contributed by atoms with Gasteiger partial charge < -0.3 is 15.3 Å². The Morgan fingerprint density at radius 2 is 2.00 bits per heavy atom. The van der Waals surface area contributed by atoms with Gasteiger partial charge in [0.25, 0.3) is 0 Å². The van der Waals surface area contributed by atoms with E-state index in [2.05, 4.69) is 17.2 Å². The normalized spacial score (nSPS) is 11.1. The van der Waals surface area contributed by atoms with Crippen LogP contribution in [0.15, 0.2) is 24.3 Å². The van der Waals surface area contributed by atoms with Crippen LogP contribution in [0.4, 0.5) is 4.79 Å². The van der Waals surface area contributed by atoms with Crippen LogP contribution in [0.25, 0.3) is 0 Å². The number of aliphatic hydroxyl groups is 1. The first-order valence-corrected chi connectivity index (χ1v) is 5.72. The molecule has 1 aromatic rings. The lowest BCUT2D eigenvalue weighted by Crippen LogP contribution is -2.36. The lowest BCUT2D eigenvalue weighted by molar-refractivity contribution is 0.214. The molecule has 0 aliphatic rings. The summed E-state index contributed by atoms with van der Waals surface area (Å²) in [6.45, 7) is 1.78. The summed E-state index contributed by atoms with van der Waals surface area (Å²) in [4.78, 5) is 13.0. The Hall–Kier alpha value is -1.99. The van der Waals surface area contributed by atoms with Gasteiger partial charge in [-0.2, -0.15) is 0 Å². The Balaban J connectivity index is 2.70. The van der Waals surface area contributed by atoms with Crippen molar-refractivity contribution < 1.29 is 9.90 Å². The number of benzene rings is 1. The van der Waals surface area contributed by atoms with E-state index in [1.54, 1.807) is 14.1 Å². The second-order valence-electron chi connectivity index (χ2n) is 4.15. The molecule has 0 radical (unpaired) electrons. The molecular formula is C14H18N2O2. The van der Waals surface area contributed by atoms with Gasteiger partial charge >= 0.3 is 6.03 Å². The first-order chi connectivity index (χ1) is 8.54. The Bertz CT molecular complexity index is 455. The van der Waals surface area contributed by atoms with E-state index >= 15 is 0 Å². The highest BCUT2D eigenvalue weighted by Gasteiger charge is 2.10. The first kappa shape index (κ1) is 14.1. The van der Waals surface area contributed by atoms with Gasteiger partial charge in [0, 0.05) is 19.7 Å². The molecule has 0 saturated heterocycles. The molecule has 2 N–H and O–H groups in total. The van der Waals surface area contributed by atoms with Crippen LogP contribution in [-0.4, -0.2) is 36.7 Å². The van der Waals surface area contributed by atoms with Crippen molar-refractivity contribution in [2.24, 2.45) is 0 Å². The van der Waals surface area contributed by atoms with Gasteiger partial charge in [-0.05, 0) is 24.6 Å². The van der Waals surface area contributed by atoms with E-state index in [-0.39, 0.29) is 18.7 Å². The van der Waals surface area contributed by atoms with Crippen molar-refractivity contribution in [2.75, 3.05) is 20.7 Å². The topological polar surface area (TPSA) is 52.6 Å². The molecular weight excluding hydrogens is 228 g/mol. The van der Waals surface area contributed by atoms with Crippen molar-refractivity contribution in [1.29, 1.82) is 0 Å². The average molecular weight is 246 g/mol. The van der Waals surface area contributed by atoms with Gasteiger partial charge in [0.15, 0.2) is 0 Å². The second kappa shape index (κ2) is 6.67. The Kier molecular flexibility index (Phi) is 5.22. The summed E-state index contributed by atoms with van der Waals surface area (Å²) in [6, 6.07) is 7.41. The summed E-state index contributed by atoms with van der Waals surface area (Å²) in [5.41, 5.74) is 1.86. The third-order valence-corrected chi connectivity index (χ3v) is 2.47. The summed E-state index contributed by atoms with van der Waals surface area (Å²) < 4.78 is 0. The molecule has 1 aromatic carbocycles. The van der Waals surface area contributed by atoms with E-state index in [1.165, 1.54) is 4.90 Å². The van der Waals surface area contributed by atoms with E-state index in [0.29, 0.717) is 0 Å². The van der Waals surface area contributed by atoms with Crippen LogP contribution >= 0.6 is 0 Å². The first-order valence-electron chi connectivity index (χ1n) is 5.72. The molecule has 0 bridgehead atoms. The molecule has 0 aliphatic carbocycles. The quantitative estimate of drug-likeness (QED) is 0.774. The third kappa shape index (κ3) is 4.11. The smallest absolute Gasteiger partial charge is 0.317 e. The number of amides is 2. The number of hydrogen-bond donors (Lipinski definition) is 2. The molecule has 4 heteroatoms. The zero-order valence-corrected chi connectivity index (χ0v) is 10.9. The van der Waals surface area contributed by atoms with Crippen LogP contribution in [0, 0.1) is 11.8 Å². The van der Waals surface area contributed by atoms with Crippen LogP contribution in [0.3, 0.4) is 0 Å². The van der Waals surface area contributed by atoms with Crippen molar-refractivity contribution in [3.63, 3.8) is 0 Å². The molecule has 2 amide bonds. The maximum atomic E-state index is 11.5. The fourth-order valence-electron chi connectivity index (χ4n) is 1.39. The number of rotatable bonds is 2. The van der Waals surface area contributed by atoms with Gasteiger partial charge in [-0.25, -0.2) is 4.79 Å². The predicted molar refractivity (Wildman–Crippen MR) is 71.0 cm³/mol. The summed E-state index contributed by atoms with van der Waals surface area (Å²) in [7, 11) is 3.41. The largest absolute Gasteiger partial charge is 0.384 e. The van der Waals surface area contributed by atoms with Gasteiger partial charge in [0.1, 0.15) is 6.61 Å². The molecule has 0 saturated carbocycles. The number of nitrogens with one attached hydrogen (secondary N) is 1. The summed E-state index contributed by atoms with van der Waals surface area (Å²) in [5, 5.41) is 11.5. The van der Waals surface area contributed by atoms with Crippen molar-refractivity contribution in [3.8, 4) is 11.8 Å². The Morgan fingerprint density at radius 3 is 2.50 bits per heavy atom. The predicted octanol–water partition coefficient (Wildman–Crippen LogP) is 1.36. The van der Waals surface area contributed by atoms with Gasteiger partial charge in [0.2, 0.25) is 0 Å². The maximum absolute atomic E-state index is 11.5. The molecule has 1 atom stereocenters. The number of aliphatic hydroxyl groups excluding tert-OH is 1. The van der Waals surface area contributed by atoms with Crippen molar-refractivity contribution in [3.05, 3.63) is 35.4 Å². The number of nitrogens with zero attached hydrogens (tertiary/aromatic N) is 1. The van der Waals surface area contributed by atoms with Crippen LogP contribution < -0.4 is 5.32 Å². The lowest BCUT2D eigenvalue weighted by atomic mass is 10.1. The summed E-state index contributed by atoms with van der Waals surface area (Å²) in [5.74, 6) is 5.41. The second-order valence-corrected chi connectivity index (χ2v) is 4.15. The Morgan fingerprint density at radius 1 is 1.39 bits per heavy atom. The van der Waals surface area contributed by atoms with Crippen LogP contribution in [-0.2, 0) is 0 Å². The average Bonchev–Trinajstić information content (AvgIpc) is 2.36. The molecule has 18 heavy (non-hydrogen) atoms. The Labute approximate surface area is 108 Å². The van der Waals surface area contributed by atoms with E-state index in [9.17, 15) is 4.79 Å². The minimum absolute atomic E-state index is 0.0558. The highest BCUT2D eigenvalue weighted by Crippen LogP contribution is 2.13. The highest BCUT2D eigenvalue weighted by molar-refractivity contribution is 5.74. The molecule has 0 aliphatic heterocycles. The van der Waals surface area contributed by atoms with Crippen LogP contribution in [0.5, 0.6) is 0 Å². The minimum Gasteiger partial charge on any atom is -0.384 e. The lowest BCUT2D eigenvalue weighted by Gasteiger charge is -2.18. The van der Waals surface area contributed by atoms with Gasteiger partial charge in [0.05, 0.1) is 6.04 Å². The summed E-state index contributed by atoms with van der Waals surface area (Å²) in [6.07, 6.45) is 0. The molecule has 0 aromatic heterocycles. The fraction of sp³-hybridized carbons (Fsp3) is 0.357. The van der Waals surface area contributed by atoms with E-state index < -0.39 is 0 Å². The molecule has 0 fully saturated rings. The van der Waals surface area contributed by atoms with Crippen LogP contribution in [0.2, 0.25) is 0 Å². The van der Waals surface area contributed by atoms with Gasteiger partial charge in [-0.3, -0.25) is 0 Å². The molecule has 96 valence electrons. The standard InChI is InChI=1S/C14H18N2O2/c1-11(15-14(18)16(2)3)13-8-6-12(7-9-13)5-4-10-17/h6-9,11,17H,10H2,1-3H3,(H,15,18). The molecule has 0 spiro atoms. The zero-order valence-electron chi connectivity index (χ0n) is 10.9. The third-order valence-electron chi connectivity index (χ3n) is 2.47. The molecule has 4 nitrogen and oxygen atoms in total. The monoisotopic (exact) mass is 246 g/mol. The number of urea groups is 1. The minimum atomic E-state index is -0.142. The van der Waals surface area contributed by atoms with E-state index in [0.717, 1.165) is 11.1 Å². The number of carbonyl (C=O) groups excluding carboxylic acids is 1. The fourth-order valence-corrected chi connectivity index (χ4v) is 1.39. The highest BCUT2D eigenvalue weighted by atomic mass is 16.2. The number of carbonyl (C=O) groups is 1. The molecule has 0 heterocycles.